The van der Waals surface area contributed by atoms with Gasteiger partial charge in [0.05, 0.1) is 6.10 Å². The van der Waals surface area contributed by atoms with E-state index in [9.17, 15) is 13.6 Å². The smallest absolute Gasteiger partial charge is 0.395 e. The molecule has 3 rings (SSSR count). The monoisotopic (exact) mass is 342 g/mol. The topological polar surface area (TPSA) is 68.8 Å². The number of carbonyl (C=O) groups excluding carboxylic acids is 1. The Morgan fingerprint density at radius 3 is 3.00 bits per heavy atom. The maximum absolute atomic E-state index is 12.9. The Kier molecular flexibility index (Phi) is 5.15. The quantitative estimate of drug-likeness (QED) is 0.819. The van der Waals surface area contributed by atoms with Crippen molar-refractivity contribution in [2.24, 2.45) is 0 Å². The van der Waals surface area contributed by atoms with Crippen molar-refractivity contribution in [2.45, 2.75) is 31.7 Å². The lowest BCUT2D eigenvalue weighted by atomic mass is 10.1. The summed E-state index contributed by atoms with van der Waals surface area (Å²) in [5, 5.41) is 5.97. The Balaban J connectivity index is 1.38. The van der Waals surface area contributed by atoms with Crippen LogP contribution in [0.3, 0.4) is 0 Å². The van der Waals surface area contributed by atoms with E-state index in [0.29, 0.717) is 13.0 Å². The summed E-state index contributed by atoms with van der Waals surface area (Å²) in [6.45, 7) is 2.18. The molecular formula is C16H20F2N2O4. The molecule has 0 aromatic heterocycles. The predicted octanol–water partition coefficient (Wildman–Crippen LogP) is 1.44. The van der Waals surface area contributed by atoms with Gasteiger partial charge in [-0.1, -0.05) is 6.07 Å². The molecule has 1 aromatic rings. The van der Waals surface area contributed by atoms with Crippen LogP contribution in [0.25, 0.3) is 0 Å². The number of hydrogen-bond acceptors (Lipinski definition) is 5. The number of ether oxygens (including phenoxy) is 3. The maximum Gasteiger partial charge on any atom is 0.586 e. The first kappa shape index (κ1) is 16.9. The first-order chi connectivity index (χ1) is 11.5. The molecule has 2 aliphatic rings. The Labute approximate surface area is 138 Å². The first-order valence-corrected chi connectivity index (χ1v) is 8.00. The predicted molar refractivity (Wildman–Crippen MR) is 81.2 cm³/mol. The van der Waals surface area contributed by atoms with E-state index in [1.807, 2.05) is 0 Å². The van der Waals surface area contributed by atoms with Crippen LogP contribution in [0.5, 0.6) is 11.5 Å². The average Bonchev–Trinajstić information content (AvgIpc) is 2.87. The minimum atomic E-state index is -3.61. The fourth-order valence-corrected chi connectivity index (χ4v) is 2.70. The highest BCUT2D eigenvalue weighted by atomic mass is 19.3. The highest BCUT2D eigenvalue weighted by Gasteiger charge is 2.43. The summed E-state index contributed by atoms with van der Waals surface area (Å²) in [5.74, 6) is -0.160. The normalized spacial score (nSPS) is 21.5. The molecule has 2 heterocycles. The molecule has 1 unspecified atom stereocenters. The summed E-state index contributed by atoms with van der Waals surface area (Å²) in [6.07, 6.45) is -1.02. The van der Waals surface area contributed by atoms with Crippen LogP contribution in [-0.4, -0.2) is 44.5 Å². The minimum absolute atomic E-state index is 0.0111. The average molecular weight is 342 g/mol. The number of amides is 1. The molecule has 132 valence electrons. The van der Waals surface area contributed by atoms with Crippen molar-refractivity contribution in [3.8, 4) is 11.5 Å². The van der Waals surface area contributed by atoms with Crippen LogP contribution in [0.2, 0.25) is 0 Å². The van der Waals surface area contributed by atoms with Crippen LogP contribution in [0, 0.1) is 0 Å². The summed E-state index contributed by atoms with van der Waals surface area (Å²) >= 11 is 0. The van der Waals surface area contributed by atoms with E-state index in [2.05, 4.69) is 20.1 Å². The first-order valence-electron chi connectivity index (χ1n) is 8.00. The zero-order chi connectivity index (χ0) is 17.0. The summed E-state index contributed by atoms with van der Waals surface area (Å²) in [4.78, 5) is 11.7. The van der Waals surface area contributed by atoms with E-state index in [1.165, 1.54) is 12.1 Å². The molecule has 6 nitrogen and oxygen atoms in total. The van der Waals surface area contributed by atoms with Gasteiger partial charge in [0.1, 0.15) is 6.61 Å². The van der Waals surface area contributed by atoms with Gasteiger partial charge >= 0.3 is 6.29 Å². The van der Waals surface area contributed by atoms with Gasteiger partial charge in [0.15, 0.2) is 11.5 Å². The zero-order valence-electron chi connectivity index (χ0n) is 13.1. The molecule has 0 spiro atoms. The number of halogens is 2. The van der Waals surface area contributed by atoms with Gasteiger partial charge in [-0.15, -0.1) is 8.78 Å². The SMILES string of the molecule is O=C(COC1CCCNC1)NCCc1ccc2c(c1)OC(F)(F)O2. The van der Waals surface area contributed by atoms with Crippen LogP contribution in [0.1, 0.15) is 18.4 Å². The van der Waals surface area contributed by atoms with Crippen LogP contribution in [-0.2, 0) is 16.0 Å². The van der Waals surface area contributed by atoms with E-state index in [4.69, 9.17) is 4.74 Å². The number of fused-ring (bicyclic) bond motifs is 1. The molecule has 1 fully saturated rings. The van der Waals surface area contributed by atoms with Gasteiger partial charge in [0.25, 0.3) is 0 Å². The lowest BCUT2D eigenvalue weighted by molar-refractivity contribution is -0.286. The Hall–Kier alpha value is -1.93. The lowest BCUT2D eigenvalue weighted by Crippen LogP contribution is -2.38. The second-order valence-electron chi connectivity index (χ2n) is 5.83. The molecule has 1 saturated heterocycles. The van der Waals surface area contributed by atoms with Crippen molar-refractivity contribution < 1.29 is 27.8 Å². The number of hydrogen-bond donors (Lipinski definition) is 2. The van der Waals surface area contributed by atoms with Gasteiger partial charge in [-0.3, -0.25) is 4.79 Å². The van der Waals surface area contributed by atoms with E-state index < -0.39 is 6.29 Å². The van der Waals surface area contributed by atoms with Crippen molar-refractivity contribution in [1.29, 1.82) is 0 Å². The summed E-state index contributed by atoms with van der Waals surface area (Å²) in [7, 11) is 0. The highest BCUT2D eigenvalue weighted by molar-refractivity contribution is 5.77. The number of piperidine rings is 1. The largest absolute Gasteiger partial charge is 0.586 e. The van der Waals surface area contributed by atoms with E-state index in [0.717, 1.165) is 31.5 Å². The molecule has 0 saturated carbocycles. The van der Waals surface area contributed by atoms with Crippen molar-refractivity contribution in [3.63, 3.8) is 0 Å². The number of carbonyl (C=O) groups is 1. The second kappa shape index (κ2) is 7.31. The zero-order valence-corrected chi connectivity index (χ0v) is 13.1. The molecule has 1 aromatic carbocycles. The van der Waals surface area contributed by atoms with Crippen LogP contribution in [0.15, 0.2) is 18.2 Å². The molecule has 0 bridgehead atoms. The number of alkyl halides is 2. The van der Waals surface area contributed by atoms with Crippen molar-refractivity contribution in [3.05, 3.63) is 23.8 Å². The van der Waals surface area contributed by atoms with E-state index in [-0.39, 0.29) is 30.1 Å². The molecule has 2 N–H and O–H groups in total. The molecule has 0 radical (unpaired) electrons. The van der Waals surface area contributed by atoms with Gasteiger partial charge in [-0.05, 0) is 43.5 Å². The Morgan fingerprint density at radius 1 is 1.38 bits per heavy atom. The number of benzene rings is 1. The van der Waals surface area contributed by atoms with E-state index >= 15 is 0 Å². The lowest BCUT2D eigenvalue weighted by Gasteiger charge is -2.22. The summed E-state index contributed by atoms with van der Waals surface area (Å²) < 4.78 is 40.2. The Morgan fingerprint density at radius 2 is 2.21 bits per heavy atom. The van der Waals surface area contributed by atoms with Gasteiger partial charge in [0, 0.05) is 13.1 Å². The fraction of sp³-hybridized carbons (Fsp3) is 0.562. The third-order valence-corrected chi connectivity index (χ3v) is 3.90. The maximum atomic E-state index is 12.9. The van der Waals surface area contributed by atoms with Crippen molar-refractivity contribution in [1.82, 2.24) is 10.6 Å². The standard InChI is InChI=1S/C16H20F2N2O4/c17-16(18)23-13-4-3-11(8-14(13)24-16)5-7-20-15(21)10-22-12-2-1-6-19-9-12/h3-4,8,12,19H,1-2,5-7,9-10H2,(H,20,21). The van der Waals surface area contributed by atoms with Gasteiger partial charge in [-0.2, -0.15) is 0 Å². The van der Waals surface area contributed by atoms with E-state index in [1.54, 1.807) is 6.07 Å². The van der Waals surface area contributed by atoms with Gasteiger partial charge in [-0.25, -0.2) is 0 Å². The second-order valence-corrected chi connectivity index (χ2v) is 5.83. The van der Waals surface area contributed by atoms with Crippen LogP contribution < -0.4 is 20.1 Å². The molecule has 8 heteroatoms. The van der Waals surface area contributed by atoms with Crippen molar-refractivity contribution in [2.75, 3.05) is 26.2 Å². The molecule has 1 atom stereocenters. The third kappa shape index (κ3) is 4.55. The molecule has 24 heavy (non-hydrogen) atoms. The fourth-order valence-electron chi connectivity index (χ4n) is 2.70. The number of nitrogens with one attached hydrogen (secondary N) is 2. The van der Waals surface area contributed by atoms with Gasteiger partial charge in [0.2, 0.25) is 5.91 Å². The molecular weight excluding hydrogens is 322 g/mol. The van der Waals surface area contributed by atoms with Crippen molar-refractivity contribution >= 4 is 5.91 Å². The van der Waals surface area contributed by atoms with Crippen LogP contribution >= 0.6 is 0 Å². The highest BCUT2D eigenvalue weighted by Crippen LogP contribution is 2.41. The summed E-state index contributed by atoms with van der Waals surface area (Å²) in [6, 6.07) is 4.60. The number of rotatable bonds is 6. The Bertz CT molecular complexity index is 591. The van der Waals surface area contributed by atoms with Crippen LogP contribution in [0.4, 0.5) is 8.78 Å². The summed E-state index contributed by atoms with van der Waals surface area (Å²) in [5.41, 5.74) is 0.771. The van der Waals surface area contributed by atoms with Gasteiger partial charge < -0.3 is 24.8 Å². The molecule has 2 aliphatic heterocycles. The molecule has 1 amide bonds. The third-order valence-electron chi connectivity index (χ3n) is 3.90. The molecule has 0 aliphatic carbocycles. The minimum Gasteiger partial charge on any atom is -0.395 e.